The number of carbonyl (C=O) groups excluding carboxylic acids is 1. The van der Waals surface area contributed by atoms with E-state index in [0.29, 0.717) is 11.4 Å². The zero-order valence-electron chi connectivity index (χ0n) is 9.44. The highest BCUT2D eigenvalue weighted by atomic mass is 16.1. The van der Waals surface area contributed by atoms with Gasteiger partial charge in [-0.25, -0.2) is 4.98 Å². The molecule has 1 fully saturated rings. The number of aromatic nitrogens is 1. The first-order chi connectivity index (χ1) is 8.31. The molecule has 1 saturated heterocycles. The third-order valence-corrected chi connectivity index (χ3v) is 2.88. The van der Waals surface area contributed by atoms with E-state index in [1.807, 2.05) is 6.07 Å². The summed E-state index contributed by atoms with van der Waals surface area (Å²) < 4.78 is 0. The molecular formula is C12H14N4O. The lowest BCUT2D eigenvalue weighted by molar-refractivity contribution is -0.120. The molecule has 0 atom stereocenters. The van der Waals surface area contributed by atoms with Crippen molar-refractivity contribution >= 4 is 11.7 Å². The average Bonchev–Trinajstić information content (AvgIpc) is 2.40. The van der Waals surface area contributed by atoms with Crippen LogP contribution in [0.15, 0.2) is 18.3 Å². The number of rotatable bonds is 2. The van der Waals surface area contributed by atoms with Crippen LogP contribution in [0.5, 0.6) is 0 Å². The molecule has 2 rings (SSSR count). The maximum Gasteiger partial charge on any atom is 0.228 e. The minimum absolute atomic E-state index is 0.0183. The minimum atomic E-state index is -0.0401. The van der Waals surface area contributed by atoms with Crippen molar-refractivity contribution in [3.63, 3.8) is 0 Å². The number of pyridine rings is 1. The van der Waals surface area contributed by atoms with E-state index < -0.39 is 0 Å². The molecule has 5 heteroatoms. The van der Waals surface area contributed by atoms with Crippen molar-refractivity contribution in [3.8, 4) is 6.07 Å². The Labute approximate surface area is 99.9 Å². The molecule has 1 aliphatic rings. The zero-order valence-corrected chi connectivity index (χ0v) is 9.44. The standard InChI is InChI=1S/C12H14N4O/c13-8-10-2-1-5-15-11(10)16-12(17)9-3-6-14-7-4-9/h1-2,5,9,14H,3-4,6-7H2,(H,15,16,17). The molecule has 1 amide bonds. The summed E-state index contributed by atoms with van der Waals surface area (Å²) in [6.07, 6.45) is 3.24. The third-order valence-electron chi connectivity index (χ3n) is 2.88. The predicted octanol–water partition coefficient (Wildman–Crippen LogP) is 0.891. The van der Waals surface area contributed by atoms with Crippen molar-refractivity contribution in [1.29, 1.82) is 5.26 Å². The molecule has 17 heavy (non-hydrogen) atoms. The second kappa shape index (κ2) is 5.41. The van der Waals surface area contributed by atoms with Crippen LogP contribution in [-0.4, -0.2) is 24.0 Å². The molecule has 5 nitrogen and oxygen atoms in total. The largest absolute Gasteiger partial charge is 0.317 e. The molecule has 0 unspecified atom stereocenters. The van der Waals surface area contributed by atoms with Crippen molar-refractivity contribution in [3.05, 3.63) is 23.9 Å². The van der Waals surface area contributed by atoms with Crippen LogP contribution in [0.1, 0.15) is 18.4 Å². The summed E-state index contributed by atoms with van der Waals surface area (Å²) in [4.78, 5) is 16.0. The van der Waals surface area contributed by atoms with E-state index >= 15 is 0 Å². The molecule has 1 aromatic heterocycles. The van der Waals surface area contributed by atoms with Gasteiger partial charge in [0.25, 0.3) is 0 Å². The Morgan fingerprint density at radius 1 is 1.53 bits per heavy atom. The Bertz CT molecular complexity index is 446. The van der Waals surface area contributed by atoms with Gasteiger partial charge in [0, 0.05) is 12.1 Å². The lowest BCUT2D eigenvalue weighted by atomic mass is 9.97. The fraction of sp³-hybridized carbons (Fsp3) is 0.417. The van der Waals surface area contributed by atoms with Crippen LogP contribution in [0.3, 0.4) is 0 Å². The number of hydrogen-bond acceptors (Lipinski definition) is 4. The topological polar surface area (TPSA) is 77.8 Å². The molecule has 0 bridgehead atoms. The molecule has 88 valence electrons. The summed E-state index contributed by atoms with van der Waals surface area (Å²) in [5, 5.41) is 14.8. The van der Waals surface area contributed by atoms with E-state index in [2.05, 4.69) is 15.6 Å². The Kier molecular flexibility index (Phi) is 3.68. The molecule has 1 aliphatic heterocycles. The molecular weight excluding hydrogens is 216 g/mol. The van der Waals surface area contributed by atoms with Crippen molar-refractivity contribution < 1.29 is 4.79 Å². The van der Waals surface area contributed by atoms with Gasteiger partial charge in [0.05, 0.1) is 5.56 Å². The quantitative estimate of drug-likeness (QED) is 0.791. The van der Waals surface area contributed by atoms with Gasteiger partial charge >= 0.3 is 0 Å². The second-order valence-electron chi connectivity index (χ2n) is 4.02. The first-order valence-corrected chi connectivity index (χ1v) is 5.68. The Balaban J connectivity index is 2.05. The van der Waals surface area contributed by atoms with Crippen LogP contribution in [0.25, 0.3) is 0 Å². The first-order valence-electron chi connectivity index (χ1n) is 5.68. The van der Waals surface area contributed by atoms with E-state index in [1.165, 1.54) is 0 Å². The maximum atomic E-state index is 11.9. The van der Waals surface area contributed by atoms with Crippen molar-refractivity contribution in [1.82, 2.24) is 10.3 Å². The number of hydrogen-bond donors (Lipinski definition) is 2. The number of amides is 1. The summed E-state index contributed by atoms with van der Waals surface area (Å²) in [5.74, 6) is 0.338. The second-order valence-corrected chi connectivity index (χ2v) is 4.02. The summed E-state index contributed by atoms with van der Waals surface area (Å²) in [6.45, 7) is 1.73. The van der Waals surface area contributed by atoms with Crippen LogP contribution in [-0.2, 0) is 4.79 Å². The molecule has 2 heterocycles. The number of nitrogens with one attached hydrogen (secondary N) is 2. The Hall–Kier alpha value is -1.93. The summed E-state index contributed by atoms with van der Waals surface area (Å²) >= 11 is 0. The van der Waals surface area contributed by atoms with Gasteiger partial charge in [-0.15, -0.1) is 0 Å². The van der Waals surface area contributed by atoms with Crippen LogP contribution in [0, 0.1) is 17.2 Å². The Morgan fingerprint density at radius 3 is 3.00 bits per heavy atom. The summed E-state index contributed by atoms with van der Waals surface area (Å²) in [6, 6.07) is 5.34. The highest BCUT2D eigenvalue weighted by Crippen LogP contribution is 2.16. The van der Waals surface area contributed by atoms with Crippen molar-refractivity contribution in [2.75, 3.05) is 18.4 Å². The van der Waals surface area contributed by atoms with Gasteiger partial charge in [-0.3, -0.25) is 4.79 Å². The van der Waals surface area contributed by atoms with Crippen LogP contribution >= 0.6 is 0 Å². The van der Waals surface area contributed by atoms with Gasteiger partial charge in [-0.2, -0.15) is 5.26 Å². The predicted molar refractivity (Wildman–Crippen MR) is 63.2 cm³/mol. The van der Waals surface area contributed by atoms with Crippen LogP contribution in [0.2, 0.25) is 0 Å². The van der Waals surface area contributed by atoms with Crippen molar-refractivity contribution in [2.24, 2.45) is 5.92 Å². The van der Waals surface area contributed by atoms with E-state index in [0.717, 1.165) is 25.9 Å². The van der Waals surface area contributed by atoms with E-state index in [-0.39, 0.29) is 11.8 Å². The van der Waals surface area contributed by atoms with Gasteiger partial charge in [-0.05, 0) is 38.1 Å². The molecule has 1 aromatic rings. The fourth-order valence-electron chi connectivity index (χ4n) is 1.90. The fourth-order valence-corrected chi connectivity index (χ4v) is 1.90. The monoisotopic (exact) mass is 230 g/mol. The number of nitrogens with zero attached hydrogens (tertiary/aromatic N) is 2. The van der Waals surface area contributed by atoms with Crippen molar-refractivity contribution in [2.45, 2.75) is 12.8 Å². The number of nitriles is 1. The highest BCUT2D eigenvalue weighted by molar-refractivity contribution is 5.92. The normalized spacial score (nSPS) is 16.2. The Morgan fingerprint density at radius 2 is 2.29 bits per heavy atom. The lowest BCUT2D eigenvalue weighted by Crippen LogP contribution is -2.34. The molecule has 0 aliphatic carbocycles. The molecule has 0 aromatic carbocycles. The van der Waals surface area contributed by atoms with Gasteiger partial charge in [0.1, 0.15) is 11.9 Å². The van der Waals surface area contributed by atoms with E-state index in [9.17, 15) is 4.79 Å². The molecule has 0 radical (unpaired) electrons. The maximum absolute atomic E-state index is 11.9. The smallest absolute Gasteiger partial charge is 0.228 e. The van der Waals surface area contributed by atoms with Crippen LogP contribution in [0.4, 0.5) is 5.82 Å². The van der Waals surface area contributed by atoms with E-state index in [4.69, 9.17) is 5.26 Å². The van der Waals surface area contributed by atoms with E-state index in [1.54, 1.807) is 18.3 Å². The van der Waals surface area contributed by atoms with Gasteiger partial charge < -0.3 is 10.6 Å². The minimum Gasteiger partial charge on any atom is -0.317 e. The average molecular weight is 230 g/mol. The summed E-state index contributed by atoms with van der Waals surface area (Å²) in [7, 11) is 0. The number of piperidine rings is 1. The molecule has 2 N–H and O–H groups in total. The SMILES string of the molecule is N#Cc1cccnc1NC(=O)C1CCNCC1. The number of carbonyl (C=O) groups is 1. The lowest BCUT2D eigenvalue weighted by Gasteiger charge is -2.21. The van der Waals surface area contributed by atoms with Gasteiger partial charge in [-0.1, -0.05) is 0 Å². The van der Waals surface area contributed by atoms with Gasteiger partial charge in [0.15, 0.2) is 0 Å². The first kappa shape index (κ1) is 11.6. The molecule has 0 spiro atoms. The third kappa shape index (κ3) is 2.80. The van der Waals surface area contributed by atoms with Gasteiger partial charge in [0.2, 0.25) is 5.91 Å². The highest BCUT2D eigenvalue weighted by Gasteiger charge is 2.21. The van der Waals surface area contributed by atoms with Crippen LogP contribution < -0.4 is 10.6 Å². The zero-order chi connectivity index (χ0) is 12.1. The summed E-state index contributed by atoms with van der Waals surface area (Å²) in [5.41, 5.74) is 0.398. The molecule has 0 saturated carbocycles. The number of anilines is 1.